The first-order valence-electron chi connectivity index (χ1n) is 21.9. The first-order chi connectivity index (χ1) is 31.7. The van der Waals surface area contributed by atoms with Crippen molar-refractivity contribution in [3.05, 3.63) is 259 Å². The van der Waals surface area contributed by atoms with Crippen LogP contribution in [0.15, 0.2) is 245 Å². The monoisotopic (exact) mass is 817 g/mol. The van der Waals surface area contributed by atoms with E-state index in [4.69, 9.17) is 8.83 Å². The molecule has 0 saturated carbocycles. The zero-order chi connectivity index (χ0) is 42.2. The van der Waals surface area contributed by atoms with E-state index in [0.29, 0.717) is 0 Å². The van der Waals surface area contributed by atoms with Crippen LogP contribution in [-0.2, 0) is 5.41 Å². The van der Waals surface area contributed by atoms with Gasteiger partial charge in [0.2, 0.25) is 0 Å². The second-order valence-electron chi connectivity index (χ2n) is 16.8. The van der Waals surface area contributed by atoms with Gasteiger partial charge in [0.05, 0.1) is 5.41 Å². The van der Waals surface area contributed by atoms with Crippen molar-refractivity contribution in [2.75, 3.05) is 4.90 Å². The standard InChI is InChI=1S/C61H39NO2/c1-2-13-44(14-3-1)61(55-21-8-4-17-49(55)50-18-5-9-22-56(50)61)45-15-12-16-48(39-45)62(46-31-25-40(26-32-46)42-29-35-59-53(37-42)51-19-6-10-23-57(51)63-59)47-33-27-41(28-34-47)43-30-36-60-54(38-43)52-20-7-11-24-58(52)64-60/h1-39H. The van der Waals surface area contributed by atoms with Gasteiger partial charge in [-0.1, -0.05) is 164 Å². The summed E-state index contributed by atoms with van der Waals surface area (Å²) < 4.78 is 12.3. The van der Waals surface area contributed by atoms with E-state index in [-0.39, 0.29) is 0 Å². The molecule has 2 heterocycles. The number of hydrogen-bond acceptors (Lipinski definition) is 3. The van der Waals surface area contributed by atoms with Crippen LogP contribution in [0.3, 0.4) is 0 Å². The molecule has 0 bridgehead atoms. The highest BCUT2D eigenvalue weighted by Gasteiger charge is 2.46. The van der Waals surface area contributed by atoms with Gasteiger partial charge in [0.25, 0.3) is 0 Å². The number of anilines is 3. The lowest BCUT2D eigenvalue weighted by Crippen LogP contribution is -2.28. The van der Waals surface area contributed by atoms with Gasteiger partial charge in [0.15, 0.2) is 0 Å². The summed E-state index contributed by atoms with van der Waals surface area (Å²) in [5, 5.41) is 4.50. The molecule has 0 radical (unpaired) electrons. The molecule has 300 valence electrons. The Hall–Kier alpha value is -8.40. The van der Waals surface area contributed by atoms with Gasteiger partial charge in [0, 0.05) is 38.6 Å². The predicted molar refractivity (Wildman–Crippen MR) is 264 cm³/mol. The molecule has 0 saturated heterocycles. The van der Waals surface area contributed by atoms with Gasteiger partial charge in [-0.3, -0.25) is 0 Å². The van der Waals surface area contributed by atoms with E-state index >= 15 is 0 Å². The molecule has 13 rings (SSSR count). The predicted octanol–water partition coefficient (Wildman–Crippen LogP) is 16.7. The number of para-hydroxylation sites is 2. The summed E-state index contributed by atoms with van der Waals surface area (Å²) in [4.78, 5) is 2.39. The molecular weight excluding hydrogens is 779 g/mol. The Morgan fingerprint density at radius 3 is 1.27 bits per heavy atom. The van der Waals surface area contributed by atoms with Crippen LogP contribution < -0.4 is 4.90 Å². The molecule has 10 aromatic carbocycles. The van der Waals surface area contributed by atoms with Gasteiger partial charge in [0.1, 0.15) is 22.3 Å². The van der Waals surface area contributed by atoms with E-state index in [0.717, 1.165) is 83.2 Å². The van der Waals surface area contributed by atoms with Crippen LogP contribution in [0, 0.1) is 0 Å². The molecule has 2 aromatic heterocycles. The molecule has 64 heavy (non-hydrogen) atoms. The van der Waals surface area contributed by atoms with Crippen LogP contribution in [0.5, 0.6) is 0 Å². The second kappa shape index (κ2) is 14.3. The molecule has 0 fully saturated rings. The van der Waals surface area contributed by atoms with Crippen LogP contribution >= 0.6 is 0 Å². The Balaban J connectivity index is 0.962. The molecule has 1 aliphatic rings. The topological polar surface area (TPSA) is 29.5 Å². The Morgan fingerprint density at radius 1 is 0.281 bits per heavy atom. The molecule has 3 heteroatoms. The fourth-order valence-corrected chi connectivity index (χ4v) is 10.5. The molecule has 3 nitrogen and oxygen atoms in total. The number of fused-ring (bicyclic) bond motifs is 9. The van der Waals surface area contributed by atoms with E-state index in [1.165, 1.54) is 33.4 Å². The largest absolute Gasteiger partial charge is 0.456 e. The number of hydrogen-bond donors (Lipinski definition) is 0. The van der Waals surface area contributed by atoms with Crippen molar-refractivity contribution in [1.29, 1.82) is 0 Å². The molecular formula is C61H39NO2. The highest BCUT2D eigenvalue weighted by Crippen LogP contribution is 2.56. The Kier molecular flexibility index (Phi) is 8.13. The fourth-order valence-electron chi connectivity index (χ4n) is 10.5. The van der Waals surface area contributed by atoms with E-state index in [9.17, 15) is 0 Å². The van der Waals surface area contributed by atoms with Gasteiger partial charge < -0.3 is 13.7 Å². The zero-order valence-corrected chi connectivity index (χ0v) is 34.8. The highest BCUT2D eigenvalue weighted by atomic mass is 16.3. The summed E-state index contributed by atoms with van der Waals surface area (Å²) in [6.07, 6.45) is 0. The average molecular weight is 818 g/mol. The Bertz CT molecular complexity index is 3520. The molecule has 0 N–H and O–H groups in total. The molecule has 1 aliphatic carbocycles. The quantitative estimate of drug-likeness (QED) is 0.160. The van der Waals surface area contributed by atoms with Gasteiger partial charge in [-0.05, 0) is 128 Å². The summed E-state index contributed by atoms with van der Waals surface area (Å²) in [5.74, 6) is 0. The SMILES string of the molecule is c1ccc(C2(c3cccc(N(c4ccc(-c5ccc6oc7ccccc7c6c5)cc4)c4ccc(-c5ccc6oc7ccccc7c6c5)cc4)c3)c3ccccc3-c3ccccc32)cc1. The minimum atomic E-state index is -0.518. The van der Waals surface area contributed by atoms with Crippen LogP contribution in [0.2, 0.25) is 0 Å². The van der Waals surface area contributed by atoms with Crippen LogP contribution in [-0.4, -0.2) is 0 Å². The summed E-state index contributed by atoms with van der Waals surface area (Å²) in [6.45, 7) is 0. The lowest BCUT2D eigenvalue weighted by atomic mass is 9.67. The van der Waals surface area contributed by atoms with Crippen molar-refractivity contribution in [3.63, 3.8) is 0 Å². The zero-order valence-electron chi connectivity index (χ0n) is 34.8. The average Bonchev–Trinajstić information content (AvgIpc) is 4.03. The summed E-state index contributed by atoms with van der Waals surface area (Å²) >= 11 is 0. The molecule has 12 aromatic rings. The van der Waals surface area contributed by atoms with Crippen molar-refractivity contribution in [2.45, 2.75) is 5.41 Å². The number of furan rings is 2. The number of nitrogens with zero attached hydrogens (tertiary/aromatic N) is 1. The van der Waals surface area contributed by atoms with E-state index in [1.54, 1.807) is 0 Å². The first-order valence-corrected chi connectivity index (χ1v) is 21.9. The molecule has 0 aliphatic heterocycles. The van der Waals surface area contributed by atoms with E-state index < -0.39 is 5.41 Å². The van der Waals surface area contributed by atoms with E-state index in [2.05, 4.69) is 217 Å². The third-order valence-corrected chi connectivity index (χ3v) is 13.4. The number of benzene rings is 10. The first kappa shape index (κ1) is 36.3. The number of rotatable bonds is 7. The molecule has 0 amide bonds. The Labute approximate surface area is 370 Å². The van der Waals surface area contributed by atoms with Gasteiger partial charge in [-0.15, -0.1) is 0 Å². The van der Waals surface area contributed by atoms with Crippen molar-refractivity contribution >= 4 is 60.9 Å². The maximum atomic E-state index is 6.17. The maximum absolute atomic E-state index is 6.17. The molecule has 0 spiro atoms. The minimum absolute atomic E-state index is 0.518. The van der Waals surface area contributed by atoms with Crippen molar-refractivity contribution in [1.82, 2.24) is 0 Å². The third-order valence-electron chi connectivity index (χ3n) is 13.4. The van der Waals surface area contributed by atoms with Crippen molar-refractivity contribution in [3.8, 4) is 33.4 Å². The van der Waals surface area contributed by atoms with Crippen LogP contribution in [0.25, 0.3) is 77.3 Å². The van der Waals surface area contributed by atoms with Gasteiger partial charge in [-0.25, -0.2) is 0 Å². The van der Waals surface area contributed by atoms with Crippen LogP contribution in [0.4, 0.5) is 17.1 Å². The smallest absolute Gasteiger partial charge is 0.135 e. The normalized spacial score (nSPS) is 12.8. The van der Waals surface area contributed by atoms with E-state index in [1.807, 2.05) is 24.3 Å². The highest BCUT2D eigenvalue weighted by molar-refractivity contribution is 6.07. The lowest BCUT2D eigenvalue weighted by molar-refractivity contribution is 0.668. The fraction of sp³-hybridized carbons (Fsp3) is 0.0164. The van der Waals surface area contributed by atoms with Crippen LogP contribution in [0.1, 0.15) is 22.3 Å². The summed E-state index contributed by atoms with van der Waals surface area (Å²) in [7, 11) is 0. The van der Waals surface area contributed by atoms with Crippen molar-refractivity contribution < 1.29 is 8.83 Å². The molecule has 0 unspecified atom stereocenters. The Morgan fingerprint density at radius 2 is 0.719 bits per heavy atom. The summed E-state index contributed by atoms with van der Waals surface area (Å²) in [5.41, 5.74) is 18.5. The minimum Gasteiger partial charge on any atom is -0.456 e. The third kappa shape index (κ3) is 5.54. The summed E-state index contributed by atoms with van der Waals surface area (Å²) in [6, 6.07) is 85.5. The van der Waals surface area contributed by atoms with Gasteiger partial charge in [-0.2, -0.15) is 0 Å². The lowest BCUT2D eigenvalue weighted by Gasteiger charge is -2.35. The van der Waals surface area contributed by atoms with Gasteiger partial charge >= 0.3 is 0 Å². The maximum Gasteiger partial charge on any atom is 0.135 e. The van der Waals surface area contributed by atoms with Crippen molar-refractivity contribution in [2.24, 2.45) is 0 Å². The molecule has 0 atom stereocenters. The second-order valence-corrected chi connectivity index (χ2v) is 16.8.